The molecule has 0 aliphatic heterocycles. The van der Waals surface area contributed by atoms with Gasteiger partial charge in [0.1, 0.15) is 5.76 Å². The molecule has 2 aromatic heterocycles. The van der Waals surface area contributed by atoms with Gasteiger partial charge in [0.25, 0.3) is 0 Å². The molecule has 6 nitrogen and oxygen atoms in total. The summed E-state index contributed by atoms with van der Waals surface area (Å²) in [5.74, 6) is 0.901. The van der Waals surface area contributed by atoms with Crippen LogP contribution in [0.3, 0.4) is 0 Å². The number of halogens is 1. The maximum atomic E-state index is 12.2. The third kappa shape index (κ3) is 3.35. The van der Waals surface area contributed by atoms with Crippen molar-refractivity contribution in [2.45, 2.75) is 24.3 Å². The number of aromatic nitrogens is 3. The average molecular weight is 351 g/mol. The normalized spacial score (nSPS) is 12.5. The van der Waals surface area contributed by atoms with Gasteiger partial charge in [0.05, 0.1) is 16.3 Å². The number of aryl methyl sites for hydroxylation is 2. The zero-order valence-corrected chi connectivity index (χ0v) is 14.4. The summed E-state index contributed by atoms with van der Waals surface area (Å²) in [4.78, 5) is 16.8. The second-order valence-electron chi connectivity index (χ2n) is 5.16. The topological polar surface area (TPSA) is 73.0 Å². The van der Waals surface area contributed by atoms with Crippen molar-refractivity contribution in [1.82, 2.24) is 14.7 Å². The van der Waals surface area contributed by atoms with E-state index < -0.39 is 0 Å². The van der Waals surface area contributed by atoms with Gasteiger partial charge in [-0.15, -0.1) is 0 Å². The summed E-state index contributed by atoms with van der Waals surface area (Å²) in [6.45, 7) is 3.59. The van der Waals surface area contributed by atoms with E-state index in [1.165, 1.54) is 11.8 Å². The number of hydrogen-bond acceptors (Lipinski definition) is 5. The van der Waals surface area contributed by atoms with Gasteiger partial charge in [-0.3, -0.25) is 4.79 Å². The van der Waals surface area contributed by atoms with E-state index in [-0.39, 0.29) is 11.2 Å². The molecular weight excluding hydrogens is 336 g/mol. The van der Waals surface area contributed by atoms with E-state index in [2.05, 4.69) is 15.5 Å². The number of benzene rings is 1. The van der Waals surface area contributed by atoms with Crippen molar-refractivity contribution in [3.63, 3.8) is 0 Å². The Morgan fingerprint density at radius 2 is 2.22 bits per heavy atom. The van der Waals surface area contributed by atoms with Crippen molar-refractivity contribution in [3.8, 4) is 0 Å². The molecule has 0 saturated carbocycles. The van der Waals surface area contributed by atoms with E-state index in [0.29, 0.717) is 16.6 Å². The lowest BCUT2D eigenvalue weighted by Crippen LogP contribution is -2.22. The number of carbonyl (C=O) groups excluding carboxylic acids is 1. The lowest BCUT2D eigenvalue weighted by molar-refractivity contribution is -0.115. The van der Waals surface area contributed by atoms with Crippen LogP contribution in [0, 0.1) is 6.92 Å². The molecule has 1 unspecified atom stereocenters. The number of carbonyl (C=O) groups is 1. The molecule has 23 heavy (non-hydrogen) atoms. The molecule has 120 valence electrons. The second-order valence-corrected chi connectivity index (χ2v) is 6.90. The first-order chi connectivity index (χ1) is 10.9. The molecule has 1 atom stereocenters. The fourth-order valence-electron chi connectivity index (χ4n) is 2.12. The van der Waals surface area contributed by atoms with Crippen LogP contribution in [0.25, 0.3) is 11.0 Å². The number of fused-ring (bicyclic) bond motifs is 1. The highest BCUT2D eigenvalue weighted by Gasteiger charge is 2.19. The number of amides is 1. The first-order valence-corrected chi connectivity index (χ1v) is 8.22. The van der Waals surface area contributed by atoms with E-state index in [1.54, 1.807) is 13.0 Å². The van der Waals surface area contributed by atoms with Gasteiger partial charge in [0.15, 0.2) is 11.0 Å². The highest BCUT2D eigenvalue weighted by atomic mass is 35.5. The minimum atomic E-state index is -0.335. The molecule has 1 N–H and O–H groups in total. The Balaban J connectivity index is 1.75. The first-order valence-electron chi connectivity index (χ1n) is 6.97. The van der Waals surface area contributed by atoms with Gasteiger partial charge >= 0.3 is 0 Å². The summed E-state index contributed by atoms with van der Waals surface area (Å²) in [5.41, 5.74) is 1.78. The molecule has 0 aliphatic rings. The average Bonchev–Trinajstić information content (AvgIpc) is 3.03. The number of nitrogens with one attached hydrogen (secondary N) is 1. The van der Waals surface area contributed by atoms with Crippen LogP contribution in [0.2, 0.25) is 5.02 Å². The lowest BCUT2D eigenvalue weighted by atomic mass is 10.3. The van der Waals surface area contributed by atoms with Gasteiger partial charge in [-0.05, 0) is 32.0 Å². The maximum Gasteiger partial charge on any atom is 0.238 e. The van der Waals surface area contributed by atoms with Crippen LogP contribution in [-0.2, 0) is 11.8 Å². The number of imidazole rings is 1. The Bertz CT molecular complexity index is 874. The number of hydrogen-bond donors (Lipinski definition) is 1. The van der Waals surface area contributed by atoms with Crippen molar-refractivity contribution < 1.29 is 9.32 Å². The molecule has 0 radical (unpaired) electrons. The van der Waals surface area contributed by atoms with Crippen molar-refractivity contribution >= 4 is 46.1 Å². The minimum absolute atomic E-state index is 0.159. The zero-order valence-electron chi connectivity index (χ0n) is 12.8. The van der Waals surface area contributed by atoms with Gasteiger partial charge in [-0.25, -0.2) is 4.98 Å². The van der Waals surface area contributed by atoms with Crippen molar-refractivity contribution in [2.75, 3.05) is 5.32 Å². The van der Waals surface area contributed by atoms with Gasteiger partial charge in [0.2, 0.25) is 5.91 Å². The van der Waals surface area contributed by atoms with Crippen LogP contribution >= 0.6 is 23.4 Å². The molecule has 0 saturated heterocycles. The molecule has 3 aromatic rings. The summed E-state index contributed by atoms with van der Waals surface area (Å²) in [6.07, 6.45) is 0. The van der Waals surface area contributed by atoms with Gasteiger partial charge in [-0.2, -0.15) is 0 Å². The largest absolute Gasteiger partial charge is 0.360 e. The predicted octanol–water partition coefficient (Wildman–Crippen LogP) is 3.64. The lowest BCUT2D eigenvalue weighted by Gasteiger charge is -2.09. The van der Waals surface area contributed by atoms with Crippen molar-refractivity contribution in [2.24, 2.45) is 7.05 Å². The van der Waals surface area contributed by atoms with Crippen molar-refractivity contribution in [3.05, 3.63) is 35.0 Å². The standard InChI is InChI=1S/C15H15ClN4O2S/c1-8-6-13(19-22-8)18-14(21)9(2)23-15-17-11-7-10(16)4-5-12(11)20(15)3/h4-7,9H,1-3H3,(H,18,19,21). The quantitative estimate of drug-likeness (QED) is 0.727. The van der Waals surface area contributed by atoms with Gasteiger partial charge in [-0.1, -0.05) is 28.5 Å². The third-order valence-electron chi connectivity index (χ3n) is 3.33. The fourth-order valence-corrected chi connectivity index (χ4v) is 3.18. The number of anilines is 1. The fraction of sp³-hybridized carbons (Fsp3) is 0.267. The molecule has 1 amide bonds. The van der Waals surface area contributed by atoms with Crippen LogP contribution in [0.5, 0.6) is 0 Å². The molecule has 3 rings (SSSR count). The van der Waals surface area contributed by atoms with Gasteiger partial charge < -0.3 is 14.4 Å². The summed E-state index contributed by atoms with van der Waals surface area (Å²) in [6, 6.07) is 7.22. The van der Waals surface area contributed by atoms with Gasteiger partial charge in [0, 0.05) is 18.1 Å². The predicted molar refractivity (Wildman–Crippen MR) is 90.9 cm³/mol. The van der Waals surface area contributed by atoms with Crippen LogP contribution in [0.15, 0.2) is 33.9 Å². The Morgan fingerprint density at radius 3 is 2.91 bits per heavy atom. The number of rotatable bonds is 4. The number of thioether (sulfide) groups is 1. The SMILES string of the molecule is Cc1cc(NC(=O)C(C)Sc2nc3cc(Cl)ccc3n2C)no1. The Kier molecular flexibility index (Phi) is 4.32. The van der Waals surface area contributed by atoms with Crippen molar-refractivity contribution in [1.29, 1.82) is 0 Å². The van der Waals surface area contributed by atoms with Crippen LogP contribution < -0.4 is 5.32 Å². The molecule has 2 heterocycles. The van der Waals surface area contributed by atoms with E-state index in [4.69, 9.17) is 16.1 Å². The maximum absolute atomic E-state index is 12.2. The Morgan fingerprint density at radius 1 is 1.43 bits per heavy atom. The van der Waals surface area contributed by atoms with Crippen LogP contribution in [0.1, 0.15) is 12.7 Å². The molecule has 8 heteroatoms. The number of nitrogens with zero attached hydrogens (tertiary/aromatic N) is 3. The van der Waals surface area contributed by atoms with Crippen LogP contribution in [0.4, 0.5) is 5.82 Å². The molecule has 0 aliphatic carbocycles. The monoisotopic (exact) mass is 350 g/mol. The molecule has 0 fully saturated rings. The van der Waals surface area contributed by atoms with Crippen LogP contribution in [-0.4, -0.2) is 25.9 Å². The molecule has 1 aromatic carbocycles. The Labute approximate surface area is 142 Å². The van der Waals surface area contributed by atoms with E-state index in [0.717, 1.165) is 16.2 Å². The molecule has 0 spiro atoms. The summed E-state index contributed by atoms with van der Waals surface area (Å²) in [7, 11) is 1.91. The Hall–Kier alpha value is -1.99. The second kappa shape index (κ2) is 6.25. The van der Waals surface area contributed by atoms with E-state index in [1.807, 2.05) is 36.7 Å². The summed E-state index contributed by atoms with van der Waals surface area (Å²) >= 11 is 7.37. The highest BCUT2D eigenvalue weighted by Crippen LogP contribution is 2.28. The molecular formula is C15H15ClN4O2S. The van der Waals surface area contributed by atoms with E-state index >= 15 is 0 Å². The van der Waals surface area contributed by atoms with E-state index in [9.17, 15) is 4.79 Å². The smallest absolute Gasteiger partial charge is 0.238 e. The summed E-state index contributed by atoms with van der Waals surface area (Å²) in [5, 5.41) is 7.53. The third-order valence-corrected chi connectivity index (χ3v) is 4.71. The molecule has 0 bridgehead atoms. The zero-order chi connectivity index (χ0) is 16.6. The summed E-state index contributed by atoms with van der Waals surface area (Å²) < 4.78 is 6.88. The highest BCUT2D eigenvalue weighted by molar-refractivity contribution is 8.00. The minimum Gasteiger partial charge on any atom is -0.360 e. The first kappa shape index (κ1) is 15.9.